The van der Waals surface area contributed by atoms with Crippen LogP contribution < -0.4 is 5.43 Å². The third-order valence-electron chi connectivity index (χ3n) is 4.84. The summed E-state index contributed by atoms with van der Waals surface area (Å²) in [5.74, 6) is -0.935. The van der Waals surface area contributed by atoms with Gasteiger partial charge in [-0.1, -0.05) is 6.07 Å². The molecule has 2 aromatic carbocycles. The predicted molar refractivity (Wildman–Crippen MR) is 113 cm³/mol. The number of rotatable bonds is 5. The van der Waals surface area contributed by atoms with E-state index in [9.17, 15) is 19.3 Å². The summed E-state index contributed by atoms with van der Waals surface area (Å²) in [5.41, 5.74) is 5.81. The number of non-ortho nitro benzene ring substituents is 1. The maximum atomic E-state index is 13.6. The minimum Gasteiger partial charge on any atom is -0.451 e. The molecule has 0 atom stereocenters. The van der Waals surface area contributed by atoms with Gasteiger partial charge in [0.25, 0.3) is 5.69 Å². The number of halogens is 1. The zero-order chi connectivity index (χ0) is 22.1. The molecule has 0 aliphatic heterocycles. The van der Waals surface area contributed by atoms with Crippen molar-refractivity contribution in [2.75, 3.05) is 0 Å². The fourth-order valence-corrected chi connectivity index (χ4v) is 3.40. The molecule has 0 saturated carbocycles. The molecule has 0 bridgehead atoms. The van der Waals surface area contributed by atoms with Gasteiger partial charge in [0, 0.05) is 40.2 Å². The minimum atomic E-state index is -0.589. The van der Waals surface area contributed by atoms with Crippen LogP contribution >= 0.6 is 0 Å². The van der Waals surface area contributed by atoms with Gasteiger partial charge in [0.2, 0.25) is 0 Å². The number of nitro groups is 1. The largest absolute Gasteiger partial charge is 0.451 e. The van der Waals surface area contributed by atoms with Gasteiger partial charge in [0.1, 0.15) is 11.4 Å². The van der Waals surface area contributed by atoms with Gasteiger partial charge in [-0.15, -0.1) is 0 Å². The van der Waals surface area contributed by atoms with E-state index in [0.29, 0.717) is 16.7 Å². The lowest BCUT2D eigenvalue weighted by atomic mass is 10.2. The van der Waals surface area contributed by atoms with E-state index in [1.54, 1.807) is 12.1 Å². The van der Waals surface area contributed by atoms with Crippen molar-refractivity contribution in [1.29, 1.82) is 0 Å². The molecule has 4 rings (SSSR count). The van der Waals surface area contributed by atoms with Crippen LogP contribution in [0.1, 0.15) is 27.5 Å². The van der Waals surface area contributed by atoms with Crippen LogP contribution in [0, 0.1) is 29.8 Å². The number of nitrogens with zero attached hydrogens (tertiary/aromatic N) is 3. The first kappa shape index (κ1) is 20.0. The predicted octanol–water partition coefficient (Wildman–Crippen LogP) is 4.65. The maximum Gasteiger partial charge on any atom is 0.307 e. The minimum absolute atomic E-state index is 0.0159. The first-order valence-electron chi connectivity index (χ1n) is 9.30. The Balaban J connectivity index is 1.52. The van der Waals surface area contributed by atoms with E-state index < -0.39 is 10.8 Å². The van der Waals surface area contributed by atoms with Gasteiger partial charge >= 0.3 is 5.91 Å². The van der Waals surface area contributed by atoms with Crippen LogP contribution in [0.25, 0.3) is 16.7 Å². The number of nitrogens with one attached hydrogen (secondary N) is 1. The van der Waals surface area contributed by atoms with Crippen LogP contribution in [0.15, 0.2) is 64.1 Å². The molecule has 31 heavy (non-hydrogen) atoms. The van der Waals surface area contributed by atoms with E-state index in [2.05, 4.69) is 10.5 Å². The second-order valence-corrected chi connectivity index (χ2v) is 6.93. The highest BCUT2D eigenvalue weighted by atomic mass is 19.1. The number of furan rings is 1. The van der Waals surface area contributed by atoms with E-state index in [4.69, 9.17) is 4.42 Å². The second kappa shape index (κ2) is 7.86. The van der Waals surface area contributed by atoms with E-state index in [1.165, 1.54) is 42.6 Å². The Hall–Kier alpha value is -4.27. The third-order valence-corrected chi connectivity index (χ3v) is 4.84. The van der Waals surface area contributed by atoms with Crippen molar-refractivity contribution in [1.82, 2.24) is 9.99 Å². The van der Waals surface area contributed by atoms with Gasteiger partial charge in [0.05, 0.1) is 11.1 Å². The van der Waals surface area contributed by atoms with E-state index in [-0.39, 0.29) is 17.3 Å². The number of aromatic nitrogens is 1. The number of hydrogen-bond acceptors (Lipinski definition) is 5. The van der Waals surface area contributed by atoms with Crippen LogP contribution in [-0.4, -0.2) is 21.6 Å². The molecular formula is C22H17FN4O4. The highest BCUT2D eigenvalue weighted by molar-refractivity contribution is 5.97. The second-order valence-electron chi connectivity index (χ2n) is 6.93. The van der Waals surface area contributed by atoms with Gasteiger partial charge in [-0.25, -0.2) is 9.82 Å². The summed E-state index contributed by atoms with van der Waals surface area (Å²) in [7, 11) is 0. The number of hydrazone groups is 1. The van der Waals surface area contributed by atoms with Crippen molar-refractivity contribution in [2.45, 2.75) is 13.8 Å². The highest BCUT2D eigenvalue weighted by Crippen LogP contribution is 2.24. The molecule has 0 spiro atoms. The van der Waals surface area contributed by atoms with Gasteiger partial charge in [-0.3, -0.25) is 14.9 Å². The lowest BCUT2D eigenvalue weighted by Crippen LogP contribution is -2.16. The average Bonchev–Trinajstić information content (AvgIpc) is 3.28. The van der Waals surface area contributed by atoms with E-state index in [1.807, 2.05) is 24.5 Å². The van der Waals surface area contributed by atoms with Crippen molar-refractivity contribution in [3.8, 4) is 5.69 Å². The van der Waals surface area contributed by atoms with Crippen LogP contribution in [0.4, 0.5) is 10.1 Å². The average molecular weight is 420 g/mol. The van der Waals surface area contributed by atoms with Crippen molar-refractivity contribution >= 4 is 28.8 Å². The lowest BCUT2D eigenvalue weighted by molar-refractivity contribution is -0.384. The molecule has 0 aliphatic carbocycles. The Morgan fingerprint density at radius 2 is 2.00 bits per heavy atom. The van der Waals surface area contributed by atoms with E-state index in [0.717, 1.165) is 17.0 Å². The summed E-state index contributed by atoms with van der Waals surface area (Å²) in [6, 6.07) is 13.6. The van der Waals surface area contributed by atoms with Gasteiger partial charge in [-0.2, -0.15) is 5.10 Å². The van der Waals surface area contributed by atoms with Crippen LogP contribution in [-0.2, 0) is 0 Å². The fraction of sp³-hybridized carbons (Fsp3) is 0.0909. The number of carbonyl (C=O) groups excluding carboxylic acids is 1. The van der Waals surface area contributed by atoms with Crippen molar-refractivity contribution < 1.29 is 18.5 Å². The molecule has 0 radical (unpaired) electrons. The first-order chi connectivity index (χ1) is 14.8. The molecular weight excluding hydrogens is 403 g/mol. The topological polar surface area (TPSA) is 103 Å². The maximum absolute atomic E-state index is 13.6. The summed E-state index contributed by atoms with van der Waals surface area (Å²) in [6.45, 7) is 3.76. The number of benzene rings is 2. The van der Waals surface area contributed by atoms with Crippen LogP contribution in [0.5, 0.6) is 0 Å². The molecule has 9 heteroatoms. The molecule has 156 valence electrons. The Kier molecular flexibility index (Phi) is 5.08. The summed E-state index contributed by atoms with van der Waals surface area (Å²) >= 11 is 0. The molecule has 0 unspecified atom stereocenters. The van der Waals surface area contributed by atoms with Crippen LogP contribution in [0.3, 0.4) is 0 Å². The Morgan fingerprint density at radius 1 is 1.19 bits per heavy atom. The number of nitro benzene ring substituents is 1. The summed E-state index contributed by atoms with van der Waals surface area (Å²) in [6.07, 6.45) is 1.49. The van der Waals surface area contributed by atoms with Crippen molar-refractivity contribution in [3.05, 3.63) is 93.2 Å². The molecule has 1 amide bonds. The quantitative estimate of drug-likeness (QED) is 0.288. The van der Waals surface area contributed by atoms with Crippen molar-refractivity contribution in [3.63, 3.8) is 0 Å². The van der Waals surface area contributed by atoms with Gasteiger partial charge in [0.15, 0.2) is 5.76 Å². The summed E-state index contributed by atoms with van der Waals surface area (Å²) in [4.78, 5) is 22.7. The molecule has 0 saturated heterocycles. The Bertz CT molecular complexity index is 1350. The molecule has 2 aromatic heterocycles. The Morgan fingerprint density at radius 3 is 2.74 bits per heavy atom. The molecule has 2 heterocycles. The van der Waals surface area contributed by atoms with Gasteiger partial charge in [-0.05, 0) is 50.2 Å². The molecule has 4 aromatic rings. The third kappa shape index (κ3) is 3.93. The Labute approximate surface area is 175 Å². The monoisotopic (exact) mass is 420 g/mol. The highest BCUT2D eigenvalue weighted by Gasteiger charge is 2.15. The van der Waals surface area contributed by atoms with E-state index >= 15 is 0 Å². The SMILES string of the molecule is Cc1cc(/C=N/NC(=O)c2cc3cc([N+](=O)[O-])ccc3o2)c(C)n1-c1cccc(F)c1. The molecule has 1 N–H and O–H groups in total. The molecule has 0 fully saturated rings. The fourth-order valence-electron chi connectivity index (χ4n) is 3.40. The van der Waals surface area contributed by atoms with Gasteiger partial charge < -0.3 is 8.98 Å². The smallest absolute Gasteiger partial charge is 0.307 e. The number of aryl methyl sites for hydroxylation is 1. The van der Waals surface area contributed by atoms with Crippen molar-refractivity contribution in [2.24, 2.45) is 5.10 Å². The standard InChI is InChI=1S/C22H17FN4O4/c1-13-8-16(14(2)26(13)18-5-3-4-17(23)11-18)12-24-25-22(28)21-10-15-9-19(27(29)30)6-7-20(15)31-21/h3-12H,1-2H3,(H,25,28)/b24-12+. The zero-order valence-electron chi connectivity index (χ0n) is 16.6. The number of fused-ring (bicyclic) bond motifs is 1. The normalized spacial score (nSPS) is 11.3. The van der Waals surface area contributed by atoms with Crippen LogP contribution in [0.2, 0.25) is 0 Å². The summed E-state index contributed by atoms with van der Waals surface area (Å²) < 4.78 is 20.9. The first-order valence-corrected chi connectivity index (χ1v) is 9.30. The molecule has 0 aliphatic rings. The lowest BCUT2D eigenvalue weighted by Gasteiger charge is -2.09. The number of hydrogen-bond donors (Lipinski definition) is 1. The zero-order valence-corrected chi connectivity index (χ0v) is 16.6. The molecule has 8 nitrogen and oxygen atoms in total. The summed E-state index contributed by atoms with van der Waals surface area (Å²) in [5, 5.41) is 15.3. The number of carbonyl (C=O) groups is 1. The number of amides is 1.